The van der Waals surface area contributed by atoms with Crippen molar-refractivity contribution in [2.45, 2.75) is 77.0 Å². The maximum Gasteiger partial charge on any atom is 0.459 e. The Morgan fingerprint density at radius 1 is 1.26 bits per heavy atom. The van der Waals surface area contributed by atoms with E-state index in [1.165, 1.54) is 0 Å². The van der Waals surface area contributed by atoms with Gasteiger partial charge in [0, 0.05) is 25.5 Å². The summed E-state index contributed by atoms with van der Waals surface area (Å²) >= 11 is 0. The number of hydrogen-bond acceptors (Lipinski definition) is 9. The number of ether oxygens (including phenoxy) is 3. The van der Waals surface area contributed by atoms with Gasteiger partial charge in [-0.25, -0.2) is 18.8 Å². The van der Waals surface area contributed by atoms with Crippen molar-refractivity contribution < 1.29 is 37.3 Å². The second kappa shape index (κ2) is 12.0. The van der Waals surface area contributed by atoms with Gasteiger partial charge in [0.2, 0.25) is 0 Å². The van der Waals surface area contributed by atoms with Crippen molar-refractivity contribution in [1.29, 1.82) is 0 Å². The number of nitrogens with zero attached hydrogens (tertiary/aromatic N) is 1. The molecule has 1 unspecified atom stereocenters. The Morgan fingerprint density at radius 2 is 1.95 bits per heavy atom. The molecule has 39 heavy (non-hydrogen) atoms. The van der Waals surface area contributed by atoms with Gasteiger partial charge in [-0.1, -0.05) is 12.1 Å². The largest absolute Gasteiger partial charge is 0.459 e. The van der Waals surface area contributed by atoms with Gasteiger partial charge in [-0.3, -0.25) is 18.9 Å². The standard InChI is InChI=1S/C25H35FN3O9P/c1-15-8-7-9-18(16(15)2)38-39(33,28-17(3)22-34-12-5-6-13-35-22)36-14-19-21(31)25(4,26)23(37-19)29-11-10-20(30)27-24(29)32/h7-11,17,19,21-23,31H,5-6,12-14H2,1-4H3,(H,28,33)(H,27,30,32)/t17-,19+,21+,23+,25+,39?/m0/s1. The Labute approximate surface area is 225 Å². The minimum absolute atomic E-state index is 0.307. The van der Waals surface area contributed by atoms with E-state index in [9.17, 15) is 19.3 Å². The molecule has 6 atom stereocenters. The third-order valence-electron chi connectivity index (χ3n) is 6.88. The topological polar surface area (TPSA) is 150 Å². The van der Waals surface area contributed by atoms with Gasteiger partial charge in [0.25, 0.3) is 5.56 Å². The molecule has 2 aliphatic rings. The summed E-state index contributed by atoms with van der Waals surface area (Å²) in [7, 11) is -4.19. The quantitative estimate of drug-likeness (QED) is 0.383. The molecule has 3 heterocycles. The maximum atomic E-state index is 15.6. The summed E-state index contributed by atoms with van der Waals surface area (Å²) in [5.41, 5.74) is -2.38. The van der Waals surface area contributed by atoms with Crippen LogP contribution >= 0.6 is 7.75 Å². The number of alkyl halides is 1. The van der Waals surface area contributed by atoms with E-state index in [0.717, 1.165) is 47.7 Å². The van der Waals surface area contributed by atoms with E-state index in [0.29, 0.717) is 19.0 Å². The molecule has 2 aliphatic heterocycles. The van der Waals surface area contributed by atoms with E-state index in [-0.39, 0.29) is 0 Å². The summed E-state index contributed by atoms with van der Waals surface area (Å²) in [5, 5.41) is 13.6. The molecule has 0 saturated carbocycles. The molecule has 0 amide bonds. The molecule has 1 aromatic carbocycles. The average Bonchev–Trinajstić information content (AvgIpc) is 3.06. The van der Waals surface area contributed by atoms with Gasteiger partial charge < -0.3 is 23.8 Å². The number of H-pyrrole nitrogens is 1. The van der Waals surface area contributed by atoms with Crippen LogP contribution in [0, 0.1) is 13.8 Å². The van der Waals surface area contributed by atoms with Gasteiger partial charge in [-0.2, -0.15) is 0 Å². The summed E-state index contributed by atoms with van der Waals surface area (Å²) in [5.74, 6) is 0.307. The zero-order valence-corrected chi connectivity index (χ0v) is 23.2. The van der Waals surface area contributed by atoms with Crippen LogP contribution in [0.4, 0.5) is 4.39 Å². The van der Waals surface area contributed by atoms with Gasteiger partial charge in [-0.15, -0.1) is 0 Å². The lowest BCUT2D eigenvalue weighted by atomic mass is 9.98. The zero-order chi connectivity index (χ0) is 28.4. The minimum Gasteiger partial charge on any atom is -0.413 e. The predicted molar refractivity (Wildman–Crippen MR) is 138 cm³/mol. The van der Waals surface area contributed by atoms with Crippen LogP contribution in [0.5, 0.6) is 5.75 Å². The fraction of sp³-hybridized carbons (Fsp3) is 0.600. The monoisotopic (exact) mass is 571 g/mol. The molecule has 1 aromatic heterocycles. The van der Waals surface area contributed by atoms with E-state index >= 15 is 4.39 Å². The smallest absolute Gasteiger partial charge is 0.413 e. The van der Waals surface area contributed by atoms with Crippen molar-refractivity contribution in [3.05, 3.63) is 62.4 Å². The van der Waals surface area contributed by atoms with Gasteiger partial charge in [0.1, 0.15) is 18.0 Å². The molecule has 3 N–H and O–H groups in total. The third-order valence-corrected chi connectivity index (χ3v) is 8.53. The Morgan fingerprint density at radius 3 is 2.62 bits per heavy atom. The van der Waals surface area contributed by atoms with E-state index in [4.69, 9.17) is 23.3 Å². The van der Waals surface area contributed by atoms with E-state index in [1.807, 2.05) is 18.0 Å². The van der Waals surface area contributed by atoms with Gasteiger partial charge in [0.15, 0.2) is 18.2 Å². The number of halogens is 1. The second-order valence-corrected chi connectivity index (χ2v) is 11.7. The lowest BCUT2D eigenvalue weighted by Gasteiger charge is -2.29. The lowest BCUT2D eigenvalue weighted by Crippen LogP contribution is -2.44. The minimum atomic E-state index is -4.19. The Hall–Kier alpha value is -2.38. The first kappa shape index (κ1) is 29.6. The number of aliphatic hydroxyl groups is 1. The lowest BCUT2D eigenvalue weighted by molar-refractivity contribution is -0.139. The molecule has 2 fully saturated rings. The number of aromatic nitrogens is 2. The molecule has 14 heteroatoms. The molecule has 12 nitrogen and oxygen atoms in total. The molecule has 2 saturated heterocycles. The summed E-state index contributed by atoms with van der Waals surface area (Å²) in [6.45, 7) is 6.85. The first-order chi connectivity index (χ1) is 18.4. The number of aromatic amines is 1. The highest BCUT2D eigenvalue weighted by Crippen LogP contribution is 2.48. The van der Waals surface area contributed by atoms with Crippen molar-refractivity contribution in [3.8, 4) is 5.75 Å². The van der Waals surface area contributed by atoms with Gasteiger partial charge >= 0.3 is 13.4 Å². The van der Waals surface area contributed by atoms with Crippen LogP contribution in [0.1, 0.15) is 44.0 Å². The Balaban J connectivity index is 1.55. The third kappa shape index (κ3) is 6.68. The fourth-order valence-corrected chi connectivity index (χ4v) is 6.03. The predicted octanol–water partition coefficient (Wildman–Crippen LogP) is 2.47. The van der Waals surface area contributed by atoms with Gasteiger partial charge in [-0.05, 0) is 57.7 Å². The highest BCUT2D eigenvalue weighted by Gasteiger charge is 2.56. The summed E-state index contributed by atoms with van der Waals surface area (Å²) in [6.07, 6.45) is -2.66. The molecule has 0 bridgehead atoms. The van der Waals surface area contributed by atoms with Crippen LogP contribution in [0.2, 0.25) is 0 Å². The number of aliphatic hydroxyl groups excluding tert-OH is 1. The maximum absolute atomic E-state index is 15.6. The van der Waals surface area contributed by atoms with E-state index < -0.39 is 62.0 Å². The number of benzene rings is 1. The fourth-order valence-electron chi connectivity index (χ4n) is 4.43. The normalized spacial score (nSPS) is 28.5. The Kier molecular flexibility index (Phi) is 9.12. The first-order valence-corrected chi connectivity index (χ1v) is 14.3. The van der Waals surface area contributed by atoms with Crippen molar-refractivity contribution in [1.82, 2.24) is 14.6 Å². The second-order valence-electron chi connectivity index (χ2n) is 9.96. The first-order valence-electron chi connectivity index (χ1n) is 12.8. The molecular formula is C25H35FN3O9P. The summed E-state index contributed by atoms with van der Waals surface area (Å²) < 4.78 is 59.2. The van der Waals surface area contributed by atoms with E-state index in [2.05, 4.69) is 5.09 Å². The molecular weight excluding hydrogens is 536 g/mol. The SMILES string of the molecule is Cc1cccc(OP(=O)(N[C@@H](C)C2OCCCCO2)OC[C@H]2O[C@@H](n3ccc(=O)[nH]c3=O)[C@](C)(F)[C@@H]2O)c1C. The Bertz CT molecular complexity index is 1310. The number of hydrogen-bond donors (Lipinski definition) is 3. The van der Waals surface area contributed by atoms with Crippen LogP contribution in [-0.4, -0.2) is 64.7 Å². The van der Waals surface area contributed by atoms with Crippen LogP contribution < -0.4 is 20.9 Å². The van der Waals surface area contributed by atoms with Crippen LogP contribution in [-0.2, 0) is 23.3 Å². The van der Waals surface area contributed by atoms with Crippen molar-refractivity contribution in [2.24, 2.45) is 0 Å². The zero-order valence-electron chi connectivity index (χ0n) is 22.3. The average molecular weight is 572 g/mol. The summed E-state index contributed by atoms with van der Waals surface area (Å²) in [6, 6.07) is 5.66. The molecule has 0 spiro atoms. The number of aryl methyl sites for hydroxylation is 1. The molecule has 216 valence electrons. The van der Waals surface area contributed by atoms with Crippen molar-refractivity contribution in [2.75, 3.05) is 19.8 Å². The highest BCUT2D eigenvalue weighted by molar-refractivity contribution is 7.52. The van der Waals surface area contributed by atoms with Crippen LogP contribution in [0.15, 0.2) is 40.1 Å². The van der Waals surface area contributed by atoms with Crippen molar-refractivity contribution >= 4 is 7.75 Å². The number of rotatable bonds is 9. The van der Waals surface area contributed by atoms with Crippen molar-refractivity contribution in [3.63, 3.8) is 0 Å². The molecule has 2 aromatic rings. The number of nitrogens with one attached hydrogen (secondary N) is 2. The molecule has 0 radical (unpaired) electrons. The van der Waals surface area contributed by atoms with Crippen LogP contribution in [0.3, 0.4) is 0 Å². The summed E-state index contributed by atoms with van der Waals surface area (Å²) in [4.78, 5) is 25.7. The van der Waals surface area contributed by atoms with Gasteiger partial charge in [0.05, 0.1) is 12.6 Å². The highest BCUT2D eigenvalue weighted by atomic mass is 31.2. The van der Waals surface area contributed by atoms with Crippen LogP contribution in [0.25, 0.3) is 0 Å². The molecule has 4 rings (SSSR count). The van der Waals surface area contributed by atoms with E-state index in [1.54, 1.807) is 26.0 Å². The molecule has 0 aliphatic carbocycles.